The lowest BCUT2D eigenvalue weighted by Gasteiger charge is -2.11. The molecule has 0 bridgehead atoms. The second-order valence-electron chi connectivity index (χ2n) is 4.31. The lowest BCUT2D eigenvalue weighted by molar-refractivity contribution is -0.115. The fourth-order valence-electron chi connectivity index (χ4n) is 1.69. The van der Waals surface area contributed by atoms with Crippen LogP contribution in [0.1, 0.15) is 18.9 Å². The Morgan fingerprint density at radius 2 is 2.20 bits per heavy atom. The van der Waals surface area contributed by atoms with Crippen molar-refractivity contribution in [1.29, 1.82) is 0 Å². The summed E-state index contributed by atoms with van der Waals surface area (Å²) in [5, 5.41) is 6.66. The minimum atomic E-state index is -0.0227. The molecule has 0 unspecified atom stereocenters. The average Bonchev–Trinajstić information content (AvgIpc) is 2.48. The monoisotopic (exact) mass is 289 g/mol. The summed E-state index contributed by atoms with van der Waals surface area (Å²) in [6.07, 6.45) is 3.97. The fourth-order valence-corrected chi connectivity index (χ4v) is 1.87. The van der Waals surface area contributed by atoms with Crippen molar-refractivity contribution in [2.75, 3.05) is 10.6 Å². The molecule has 5 heteroatoms. The third-order valence-corrected chi connectivity index (χ3v) is 3.11. The number of hydrogen-bond acceptors (Lipinski definition) is 3. The number of aromatic nitrogens is 1. The summed E-state index contributed by atoms with van der Waals surface area (Å²) < 4.78 is 0. The van der Waals surface area contributed by atoms with Gasteiger partial charge in [-0.25, -0.2) is 0 Å². The first-order valence-electron chi connectivity index (χ1n) is 6.41. The van der Waals surface area contributed by atoms with Crippen LogP contribution >= 0.6 is 11.6 Å². The molecule has 0 aliphatic heterocycles. The first-order valence-corrected chi connectivity index (χ1v) is 6.79. The number of pyridine rings is 1. The van der Waals surface area contributed by atoms with E-state index in [9.17, 15) is 4.79 Å². The summed E-state index contributed by atoms with van der Waals surface area (Å²) in [5.74, 6) is -0.0227. The maximum absolute atomic E-state index is 11.4. The number of carbonyl (C=O) groups is 1. The van der Waals surface area contributed by atoms with Crippen molar-refractivity contribution in [1.82, 2.24) is 4.98 Å². The van der Waals surface area contributed by atoms with E-state index >= 15 is 0 Å². The highest BCUT2D eigenvalue weighted by molar-refractivity contribution is 6.33. The van der Waals surface area contributed by atoms with E-state index in [0.29, 0.717) is 18.0 Å². The summed E-state index contributed by atoms with van der Waals surface area (Å²) >= 11 is 6.14. The maximum atomic E-state index is 11.4. The normalized spacial score (nSPS) is 10.1. The number of anilines is 2. The molecule has 0 saturated heterocycles. The zero-order valence-corrected chi connectivity index (χ0v) is 11.9. The highest BCUT2D eigenvalue weighted by Gasteiger charge is 2.04. The van der Waals surface area contributed by atoms with Gasteiger partial charge in [-0.3, -0.25) is 9.78 Å². The Balaban J connectivity index is 2.06. The number of hydrogen-bond donors (Lipinski definition) is 2. The molecule has 1 aromatic carbocycles. The molecule has 0 fully saturated rings. The zero-order chi connectivity index (χ0) is 14.4. The number of rotatable bonds is 5. The summed E-state index contributed by atoms with van der Waals surface area (Å²) in [6, 6.07) is 9.24. The van der Waals surface area contributed by atoms with Gasteiger partial charge in [0.25, 0.3) is 0 Å². The molecule has 2 aromatic rings. The quantitative estimate of drug-likeness (QED) is 0.882. The molecular formula is C15H16ClN3O. The number of amides is 1. The molecule has 2 rings (SSSR count). The topological polar surface area (TPSA) is 54.0 Å². The van der Waals surface area contributed by atoms with Gasteiger partial charge in [-0.15, -0.1) is 0 Å². The van der Waals surface area contributed by atoms with Crippen LogP contribution in [0.2, 0.25) is 5.02 Å². The van der Waals surface area contributed by atoms with Crippen molar-refractivity contribution >= 4 is 28.9 Å². The van der Waals surface area contributed by atoms with E-state index in [2.05, 4.69) is 15.6 Å². The number of benzene rings is 1. The van der Waals surface area contributed by atoms with Crippen LogP contribution in [0.5, 0.6) is 0 Å². The average molecular weight is 290 g/mol. The van der Waals surface area contributed by atoms with Gasteiger partial charge in [0, 0.05) is 31.0 Å². The van der Waals surface area contributed by atoms with Crippen molar-refractivity contribution in [3.63, 3.8) is 0 Å². The summed E-state index contributed by atoms with van der Waals surface area (Å²) in [5.41, 5.74) is 2.57. The predicted molar refractivity (Wildman–Crippen MR) is 81.9 cm³/mol. The summed E-state index contributed by atoms with van der Waals surface area (Å²) in [6.45, 7) is 2.44. The Labute approximate surface area is 123 Å². The molecule has 1 amide bonds. The number of halogens is 1. The molecule has 104 valence electrons. The predicted octanol–water partition coefficient (Wildman–Crippen LogP) is 3.70. The van der Waals surface area contributed by atoms with Crippen LogP contribution in [0, 0.1) is 0 Å². The summed E-state index contributed by atoms with van der Waals surface area (Å²) in [4.78, 5) is 15.4. The Morgan fingerprint density at radius 1 is 1.35 bits per heavy atom. The second kappa shape index (κ2) is 6.91. The Kier molecular flexibility index (Phi) is 4.96. The lowest BCUT2D eigenvalue weighted by atomic mass is 10.2. The molecule has 0 radical (unpaired) electrons. The maximum Gasteiger partial charge on any atom is 0.224 e. The van der Waals surface area contributed by atoms with Gasteiger partial charge in [0.15, 0.2) is 0 Å². The van der Waals surface area contributed by atoms with Crippen LogP contribution in [0.3, 0.4) is 0 Å². The first kappa shape index (κ1) is 14.3. The molecule has 1 aromatic heterocycles. The molecule has 0 aliphatic carbocycles. The van der Waals surface area contributed by atoms with Gasteiger partial charge < -0.3 is 10.6 Å². The van der Waals surface area contributed by atoms with Crippen LogP contribution < -0.4 is 10.6 Å². The van der Waals surface area contributed by atoms with Crippen molar-refractivity contribution in [3.05, 3.63) is 53.3 Å². The van der Waals surface area contributed by atoms with Crippen LogP contribution in [-0.4, -0.2) is 10.9 Å². The van der Waals surface area contributed by atoms with Crippen LogP contribution in [-0.2, 0) is 11.3 Å². The highest BCUT2D eigenvalue weighted by atomic mass is 35.5. The van der Waals surface area contributed by atoms with Crippen molar-refractivity contribution < 1.29 is 4.79 Å². The van der Waals surface area contributed by atoms with Crippen molar-refractivity contribution in [2.45, 2.75) is 19.9 Å². The molecule has 0 saturated carbocycles. The smallest absolute Gasteiger partial charge is 0.224 e. The first-order chi connectivity index (χ1) is 9.69. The molecule has 1 heterocycles. The second-order valence-corrected chi connectivity index (χ2v) is 4.72. The SMILES string of the molecule is CCC(=O)Nc1ccc(Cl)c(NCc2cccnc2)c1. The Morgan fingerprint density at radius 3 is 2.90 bits per heavy atom. The van der Waals surface area contributed by atoms with Crippen LogP contribution in [0.4, 0.5) is 11.4 Å². The van der Waals surface area contributed by atoms with E-state index in [1.54, 1.807) is 24.5 Å². The van der Waals surface area contributed by atoms with Gasteiger partial charge in [0.05, 0.1) is 10.7 Å². The molecule has 2 N–H and O–H groups in total. The Bertz CT molecular complexity index is 587. The molecule has 0 aliphatic rings. The van der Waals surface area contributed by atoms with Crippen LogP contribution in [0.15, 0.2) is 42.7 Å². The largest absolute Gasteiger partial charge is 0.380 e. The standard InChI is InChI=1S/C15H16ClN3O/c1-2-15(20)19-12-5-6-13(16)14(8-12)18-10-11-4-3-7-17-9-11/h3-9,18H,2,10H2,1H3,(H,19,20). The third kappa shape index (κ3) is 3.96. The number of carbonyl (C=O) groups excluding carboxylic acids is 1. The molecule has 4 nitrogen and oxygen atoms in total. The van der Waals surface area contributed by atoms with Gasteiger partial charge in [0.2, 0.25) is 5.91 Å². The van der Waals surface area contributed by atoms with E-state index in [1.165, 1.54) is 0 Å². The van der Waals surface area contributed by atoms with Gasteiger partial charge in [0.1, 0.15) is 0 Å². The van der Waals surface area contributed by atoms with Gasteiger partial charge in [-0.05, 0) is 29.8 Å². The van der Waals surface area contributed by atoms with Crippen LogP contribution in [0.25, 0.3) is 0 Å². The molecular weight excluding hydrogens is 274 g/mol. The van der Waals surface area contributed by atoms with E-state index < -0.39 is 0 Å². The molecule has 0 spiro atoms. The lowest BCUT2D eigenvalue weighted by Crippen LogP contribution is -2.09. The highest BCUT2D eigenvalue weighted by Crippen LogP contribution is 2.26. The van der Waals surface area contributed by atoms with Crippen molar-refractivity contribution in [2.24, 2.45) is 0 Å². The minimum Gasteiger partial charge on any atom is -0.380 e. The molecule has 0 atom stereocenters. The van der Waals surface area contributed by atoms with E-state index in [1.807, 2.05) is 25.1 Å². The zero-order valence-electron chi connectivity index (χ0n) is 11.2. The van der Waals surface area contributed by atoms with Crippen molar-refractivity contribution in [3.8, 4) is 0 Å². The van der Waals surface area contributed by atoms with Gasteiger partial charge in [-0.2, -0.15) is 0 Å². The number of nitrogens with zero attached hydrogens (tertiary/aromatic N) is 1. The van der Waals surface area contributed by atoms with E-state index in [0.717, 1.165) is 16.9 Å². The van der Waals surface area contributed by atoms with E-state index in [-0.39, 0.29) is 5.91 Å². The minimum absolute atomic E-state index is 0.0227. The van der Waals surface area contributed by atoms with Gasteiger partial charge >= 0.3 is 0 Å². The fraction of sp³-hybridized carbons (Fsp3) is 0.200. The number of nitrogens with one attached hydrogen (secondary N) is 2. The third-order valence-electron chi connectivity index (χ3n) is 2.78. The van der Waals surface area contributed by atoms with E-state index in [4.69, 9.17) is 11.6 Å². The molecule has 20 heavy (non-hydrogen) atoms. The van der Waals surface area contributed by atoms with Gasteiger partial charge in [-0.1, -0.05) is 24.6 Å². The summed E-state index contributed by atoms with van der Waals surface area (Å²) in [7, 11) is 0. The Hall–Kier alpha value is -2.07.